The number of likely N-dealkylation sites (tertiary alicyclic amines) is 2. The van der Waals surface area contributed by atoms with E-state index in [-0.39, 0.29) is 24.1 Å². The van der Waals surface area contributed by atoms with Crippen molar-refractivity contribution >= 4 is 17.6 Å². The number of anilines is 1. The summed E-state index contributed by atoms with van der Waals surface area (Å²) in [5.41, 5.74) is 0.674. The van der Waals surface area contributed by atoms with Gasteiger partial charge < -0.3 is 29.4 Å². The Morgan fingerprint density at radius 3 is 2.49 bits per heavy atom. The van der Waals surface area contributed by atoms with Gasteiger partial charge in [-0.15, -0.1) is 0 Å². The molecule has 4 fully saturated rings. The van der Waals surface area contributed by atoms with Crippen LogP contribution in [0, 0.1) is 5.41 Å². The summed E-state index contributed by atoms with van der Waals surface area (Å²) in [7, 11) is 0. The molecule has 8 nitrogen and oxygen atoms in total. The van der Waals surface area contributed by atoms with Crippen molar-refractivity contribution in [2.24, 2.45) is 5.41 Å². The molecule has 3 saturated heterocycles. The van der Waals surface area contributed by atoms with Gasteiger partial charge in [-0.05, 0) is 64.0 Å². The van der Waals surface area contributed by atoms with Crippen LogP contribution in [0.5, 0.6) is 5.75 Å². The number of hydrogen-bond donors (Lipinski definition) is 1. The van der Waals surface area contributed by atoms with E-state index in [0.717, 1.165) is 82.6 Å². The number of ether oxygens (including phenoxy) is 1. The summed E-state index contributed by atoms with van der Waals surface area (Å²) in [5, 5.41) is 9.85. The van der Waals surface area contributed by atoms with Gasteiger partial charge in [0.1, 0.15) is 5.75 Å². The van der Waals surface area contributed by atoms with E-state index in [1.165, 1.54) is 0 Å². The number of amides is 3. The number of carbonyl (C=O) groups is 2. The van der Waals surface area contributed by atoms with Crippen LogP contribution in [0.15, 0.2) is 24.3 Å². The highest BCUT2D eigenvalue weighted by Gasteiger charge is 2.51. The second kappa shape index (κ2) is 10.2. The Kier molecular flexibility index (Phi) is 7.09. The van der Waals surface area contributed by atoms with Crippen LogP contribution in [-0.4, -0.2) is 96.3 Å². The molecule has 3 heterocycles. The molecule has 1 saturated carbocycles. The lowest BCUT2D eigenvalue weighted by molar-refractivity contribution is -0.141. The van der Waals surface area contributed by atoms with Crippen molar-refractivity contribution in [2.45, 2.75) is 64.0 Å². The average molecular weight is 485 g/mol. The molecule has 1 aromatic carbocycles. The highest BCUT2D eigenvalue weighted by Crippen LogP contribution is 2.42. The molecule has 1 N–H and O–H groups in total. The van der Waals surface area contributed by atoms with Gasteiger partial charge in [0.15, 0.2) is 0 Å². The van der Waals surface area contributed by atoms with E-state index < -0.39 is 5.41 Å². The fourth-order valence-electron chi connectivity index (χ4n) is 6.57. The van der Waals surface area contributed by atoms with Crippen LogP contribution < -0.4 is 9.64 Å². The predicted molar refractivity (Wildman–Crippen MR) is 135 cm³/mol. The molecule has 1 aromatic rings. The number of aliphatic hydroxyl groups is 1. The van der Waals surface area contributed by atoms with E-state index in [1.807, 2.05) is 34.9 Å². The van der Waals surface area contributed by atoms with Crippen LogP contribution in [0.3, 0.4) is 0 Å². The molecule has 3 amide bonds. The van der Waals surface area contributed by atoms with Crippen molar-refractivity contribution in [3.8, 4) is 5.75 Å². The highest BCUT2D eigenvalue weighted by atomic mass is 16.5. The quantitative estimate of drug-likeness (QED) is 0.711. The van der Waals surface area contributed by atoms with Crippen molar-refractivity contribution in [3.05, 3.63) is 24.3 Å². The number of piperazine rings is 1. The van der Waals surface area contributed by atoms with Gasteiger partial charge in [0.2, 0.25) is 5.91 Å². The minimum absolute atomic E-state index is 0.0776. The van der Waals surface area contributed by atoms with Crippen molar-refractivity contribution in [2.75, 3.05) is 57.3 Å². The first-order chi connectivity index (χ1) is 17.0. The minimum atomic E-state index is -0.414. The summed E-state index contributed by atoms with van der Waals surface area (Å²) in [6.45, 7) is 7.59. The molecule has 0 aromatic heterocycles. The van der Waals surface area contributed by atoms with Crippen LogP contribution >= 0.6 is 0 Å². The Morgan fingerprint density at radius 2 is 1.74 bits per heavy atom. The van der Waals surface area contributed by atoms with Gasteiger partial charge in [-0.2, -0.15) is 0 Å². The number of nitrogens with zero attached hydrogens (tertiary/aromatic N) is 4. The monoisotopic (exact) mass is 484 g/mol. The lowest BCUT2D eigenvalue weighted by atomic mass is 9.78. The van der Waals surface area contributed by atoms with E-state index in [1.54, 1.807) is 0 Å². The fraction of sp³-hybridized carbons (Fsp3) is 0.704. The molecule has 4 aliphatic rings. The van der Waals surface area contributed by atoms with Gasteiger partial charge in [-0.3, -0.25) is 4.79 Å². The third kappa shape index (κ3) is 4.82. The van der Waals surface area contributed by atoms with Crippen LogP contribution in [0.2, 0.25) is 0 Å². The number of aliphatic hydroxyl groups excluding tert-OH is 1. The lowest BCUT2D eigenvalue weighted by Crippen LogP contribution is -2.57. The maximum atomic E-state index is 13.6. The summed E-state index contributed by atoms with van der Waals surface area (Å²) in [6, 6.07) is 8.43. The third-order valence-corrected chi connectivity index (χ3v) is 8.56. The topological polar surface area (TPSA) is 76.6 Å². The van der Waals surface area contributed by atoms with Crippen LogP contribution in [0.25, 0.3) is 0 Å². The number of rotatable bonds is 4. The molecule has 1 unspecified atom stereocenters. The molecule has 5 rings (SSSR count). The summed E-state index contributed by atoms with van der Waals surface area (Å²) >= 11 is 0. The number of hydrogen-bond acceptors (Lipinski definition) is 5. The van der Waals surface area contributed by atoms with Gasteiger partial charge in [0, 0.05) is 51.9 Å². The number of piperidine rings is 1. The Labute approximate surface area is 208 Å². The lowest BCUT2D eigenvalue weighted by Gasteiger charge is -2.43. The normalized spacial score (nSPS) is 29.7. The third-order valence-electron chi connectivity index (χ3n) is 8.56. The molecule has 3 aliphatic heterocycles. The smallest absolute Gasteiger partial charge is 0.320 e. The largest absolute Gasteiger partial charge is 0.492 e. The van der Waals surface area contributed by atoms with E-state index in [9.17, 15) is 14.7 Å². The van der Waals surface area contributed by atoms with Gasteiger partial charge >= 0.3 is 6.03 Å². The summed E-state index contributed by atoms with van der Waals surface area (Å²) in [6.07, 6.45) is 5.75. The number of benzene rings is 1. The molecule has 8 heteroatoms. The van der Waals surface area contributed by atoms with Crippen molar-refractivity contribution in [3.63, 3.8) is 0 Å². The van der Waals surface area contributed by atoms with Crippen LogP contribution in [0.4, 0.5) is 10.5 Å². The summed E-state index contributed by atoms with van der Waals surface area (Å²) < 4.78 is 5.80. The minimum Gasteiger partial charge on any atom is -0.492 e. The zero-order chi connectivity index (χ0) is 24.4. The Morgan fingerprint density at radius 1 is 1.00 bits per heavy atom. The second-order valence-electron chi connectivity index (χ2n) is 10.7. The molecule has 35 heavy (non-hydrogen) atoms. The molecular weight excluding hydrogens is 444 g/mol. The van der Waals surface area contributed by atoms with Gasteiger partial charge in [0.25, 0.3) is 0 Å². The molecule has 1 spiro atoms. The van der Waals surface area contributed by atoms with Crippen molar-refractivity contribution in [1.29, 1.82) is 0 Å². The first-order valence-corrected chi connectivity index (χ1v) is 13.5. The fourth-order valence-corrected chi connectivity index (χ4v) is 6.57. The van der Waals surface area contributed by atoms with Crippen LogP contribution in [0.1, 0.15) is 51.9 Å². The molecular formula is C27H40N4O4. The number of carbonyl (C=O) groups excluding carboxylic acids is 2. The molecule has 192 valence electrons. The zero-order valence-corrected chi connectivity index (χ0v) is 21.0. The Balaban J connectivity index is 1.19. The van der Waals surface area contributed by atoms with Crippen molar-refractivity contribution in [1.82, 2.24) is 14.7 Å². The van der Waals surface area contributed by atoms with Gasteiger partial charge in [0.05, 0.1) is 23.8 Å². The van der Waals surface area contributed by atoms with Gasteiger partial charge in [-0.25, -0.2) is 4.79 Å². The maximum absolute atomic E-state index is 13.6. The molecule has 0 radical (unpaired) electrons. The maximum Gasteiger partial charge on any atom is 0.320 e. The Hall–Kier alpha value is -2.48. The highest BCUT2D eigenvalue weighted by molar-refractivity contribution is 5.86. The van der Waals surface area contributed by atoms with E-state index in [4.69, 9.17) is 4.74 Å². The number of urea groups is 1. The summed E-state index contributed by atoms with van der Waals surface area (Å²) in [4.78, 5) is 35.3. The number of para-hydroxylation sites is 2. The first-order valence-electron chi connectivity index (χ1n) is 13.5. The van der Waals surface area contributed by atoms with E-state index in [0.29, 0.717) is 26.2 Å². The standard InChI is InChI=1S/C27H40N4O4/c1-2-35-24-7-4-3-6-23(24)28-16-18-29(19-17-28)26(34)30-14-5-12-27(20-30)13-15-31(25(27)33)21-8-10-22(32)11-9-21/h3-4,6-7,21-22,32H,2,5,8-20H2,1H3/t21-,22-,27?. The van der Waals surface area contributed by atoms with Crippen molar-refractivity contribution < 1.29 is 19.4 Å². The van der Waals surface area contributed by atoms with Crippen LogP contribution in [-0.2, 0) is 4.79 Å². The Bertz CT molecular complexity index is 910. The molecule has 1 aliphatic carbocycles. The summed E-state index contributed by atoms with van der Waals surface area (Å²) in [5.74, 6) is 1.14. The van der Waals surface area contributed by atoms with E-state index in [2.05, 4.69) is 15.9 Å². The predicted octanol–water partition coefficient (Wildman–Crippen LogP) is 2.95. The zero-order valence-electron chi connectivity index (χ0n) is 21.0. The second-order valence-corrected chi connectivity index (χ2v) is 10.7. The molecule has 0 bridgehead atoms. The first kappa shape index (κ1) is 24.2. The van der Waals surface area contributed by atoms with Gasteiger partial charge in [-0.1, -0.05) is 12.1 Å². The SMILES string of the molecule is CCOc1ccccc1N1CCN(C(=O)N2CCCC3(CCN([C@H]4CC[C@H](O)CC4)C3=O)C2)CC1. The molecule has 1 atom stereocenters. The average Bonchev–Trinajstić information content (AvgIpc) is 3.19. The van der Waals surface area contributed by atoms with E-state index >= 15 is 0 Å².